The van der Waals surface area contributed by atoms with E-state index < -0.39 is 11.5 Å². The molecule has 8 nitrogen and oxygen atoms in total. The van der Waals surface area contributed by atoms with Gasteiger partial charge >= 0.3 is 6.09 Å². The van der Waals surface area contributed by atoms with Gasteiger partial charge in [0.25, 0.3) is 0 Å². The Morgan fingerprint density at radius 2 is 2.15 bits per heavy atom. The normalized spacial score (nSPS) is 10.9. The van der Waals surface area contributed by atoms with E-state index in [4.69, 9.17) is 15.2 Å². The zero-order valence-electron chi connectivity index (χ0n) is 11.7. The van der Waals surface area contributed by atoms with E-state index in [2.05, 4.69) is 9.82 Å². The quantitative estimate of drug-likeness (QED) is 0.770. The van der Waals surface area contributed by atoms with E-state index in [0.29, 0.717) is 18.0 Å². The fourth-order valence-corrected chi connectivity index (χ4v) is 1.39. The standard InChI is InChI=1S/C12H19N3O5/c1-9(2)7-19-12(16)14(3)11-10(5-4-6-13-11)8-20-15(17)18/h4-6,9,17-18H,7-8H2,1-3H3. The molecule has 1 heterocycles. The molecule has 0 atom stereocenters. The number of carbonyl (C=O) groups is 1. The van der Waals surface area contributed by atoms with E-state index >= 15 is 0 Å². The molecule has 112 valence electrons. The Morgan fingerprint density at radius 3 is 2.75 bits per heavy atom. The Bertz CT molecular complexity index is 439. The maximum atomic E-state index is 11.9. The smallest absolute Gasteiger partial charge is 0.415 e. The third-order valence-electron chi connectivity index (χ3n) is 2.33. The van der Waals surface area contributed by atoms with Gasteiger partial charge < -0.3 is 4.74 Å². The molecule has 0 unspecified atom stereocenters. The molecule has 0 saturated heterocycles. The van der Waals surface area contributed by atoms with E-state index in [1.54, 1.807) is 12.1 Å². The molecule has 0 bridgehead atoms. The lowest BCUT2D eigenvalue weighted by atomic mass is 10.2. The second kappa shape index (κ2) is 7.75. The first-order valence-corrected chi connectivity index (χ1v) is 6.07. The van der Waals surface area contributed by atoms with Gasteiger partial charge in [-0.15, -0.1) is 0 Å². The number of ether oxygens (including phenoxy) is 1. The molecule has 20 heavy (non-hydrogen) atoms. The van der Waals surface area contributed by atoms with Crippen molar-refractivity contribution in [3.63, 3.8) is 0 Å². The minimum atomic E-state index is -0.538. The molecule has 1 aromatic rings. The molecular formula is C12H19N3O5. The number of rotatable bonds is 6. The van der Waals surface area contributed by atoms with E-state index in [-0.39, 0.29) is 12.5 Å². The van der Waals surface area contributed by atoms with Crippen molar-refractivity contribution in [1.82, 2.24) is 10.4 Å². The van der Waals surface area contributed by atoms with Crippen LogP contribution < -0.4 is 4.90 Å². The Morgan fingerprint density at radius 1 is 1.45 bits per heavy atom. The molecule has 1 amide bonds. The SMILES string of the molecule is CC(C)COC(=O)N(C)c1ncccc1CON(O)O. The predicted octanol–water partition coefficient (Wildman–Crippen LogP) is 1.82. The van der Waals surface area contributed by atoms with Gasteiger partial charge in [0.05, 0.1) is 12.0 Å². The van der Waals surface area contributed by atoms with E-state index in [0.717, 1.165) is 0 Å². The molecule has 0 aliphatic rings. The van der Waals surface area contributed by atoms with Crippen LogP contribution in [-0.4, -0.2) is 40.5 Å². The first-order chi connectivity index (χ1) is 9.41. The van der Waals surface area contributed by atoms with Crippen molar-refractivity contribution in [2.45, 2.75) is 20.5 Å². The highest BCUT2D eigenvalue weighted by molar-refractivity contribution is 5.86. The van der Waals surface area contributed by atoms with Crippen molar-refractivity contribution in [3.8, 4) is 0 Å². The summed E-state index contributed by atoms with van der Waals surface area (Å²) in [6.07, 6.45) is 0.976. The van der Waals surface area contributed by atoms with Crippen LogP contribution in [0.15, 0.2) is 18.3 Å². The zero-order valence-corrected chi connectivity index (χ0v) is 11.7. The van der Waals surface area contributed by atoms with Crippen molar-refractivity contribution in [3.05, 3.63) is 23.9 Å². The molecule has 1 aromatic heterocycles. The number of aromatic nitrogens is 1. The van der Waals surface area contributed by atoms with Crippen LogP contribution in [0.4, 0.5) is 10.6 Å². The van der Waals surface area contributed by atoms with Gasteiger partial charge in [0.1, 0.15) is 12.4 Å². The molecule has 0 spiro atoms. The summed E-state index contributed by atoms with van der Waals surface area (Å²) < 4.78 is 5.10. The van der Waals surface area contributed by atoms with E-state index in [1.807, 2.05) is 13.8 Å². The van der Waals surface area contributed by atoms with Gasteiger partial charge in [-0.2, -0.15) is 0 Å². The summed E-state index contributed by atoms with van der Waals surface area (Å²) in [5, 5.41) is 16.7. The predicted molar refractivity (Wildman–Crippen MR) is 69.0 cm³/mol. The third-order valence-corrected chi connectivity index (χ3v) is 2.33. The molecule has 0 aliphatic carbocycles. The number of anilines is 1. The number of hydrogen-bond donors (Lipinski definition) is 2. The first kappa shape index (κ1) is 16.3. The highest BCUT2D eigenvalue weighted by Crippen LogP contribution is 2.18. The maximum absolute atomic E-state index is 11.9. The molecule has 0 aromatic carbocycles. The lowest BCUT2D eigenvalue weighted by Crippen LogP contribution is -2.30. The van der Waals surface area contributed by atoms with Crippen LogP contribution in [-0.2, 0) is 16.2 Å². The van der Waals surface area contributed by atoms with Gasteiger partial charge in [0.15, 0.2) is 0 Å². The van der Waals surface area contributed by atoms with Crippen molar-refractivity contribution < 1.29 is 24.8 Å². The maximum Gasteiger partial charge on any atom is 0.415 e. The van der Waals surface area contributed by atoms with Gasteiger partial charge in [-0.25, -0.2) is 14.6 Å². The number of hydrogen-bond acceptors (Lipinski definition) is 7. The van der Waals surface area contributed by atoms with Crippen LogP contribution in [0.3, 0.4) is 0 Å². The highest BCUT2D eigenvalue weighted by Gasteiger charge is 2.17. The van der Waals surface area contributed by atoms with Crippen LogP contribution in [0.1, 0.15) is 19.4 Å². The number of carbonyl (C=O) groups excluding carboxylic acids is 1. The summed E-state index contributed by atoms with van der Waals surface area (Å²) in [6.45, 7) is 4.02. The average Bonchev–Trinajstić information content (AvgIpc) is 2.41. The monoisotopic (exact) mass is 285 g/mol. The highest BCUT2D eigenvalue weighted by atomic mass is 17.1. The molecule has 8 heteroatoms. The fraction of sp³-hybridized carbons (Fsp3) is 0.500. The minimum Gasteiger partial charge on any atom is -0.449 e. The molecule has 2 N–H and O–H groups in total. The zero-order chi connectivity index (χ0) is 15.1. The number of pyridine rings is 1. The minimum absolute atomic E-state index is 0.155. The van der Waals surface area contributed by atoms with E-state index in [9.17, 15) is 4.79 Å². The summed E-state index contributed by atoms with van der Waals surface area (Å²) in [7, 11) is 1.52. The van der Waals surface area contributed by atoms with Crippen molar-refractivity contribution in [2.24, 2.45) is 5.92 Å². The van der Waals surface area contributed by atoms with Gasteiger partial charge in [0, 0.05) is 18.8 Å². The summed E-state index contributed by atoms with van der Waals surface area (Å²) in [4.78, 5) is 21.7. The van der Waals surface area contributed by atoms with Crippen molar-refractivity contribution in [2.75, 3.05) is 18.6 Å². The van der Waals surface area contributed by atoms with Gasteiger partial charge in [-0.1, -0.05) is 19.9 Å². The van der Waals surface area contributed by atoms with Crippen molar-refractivity contribution in [1.29, 1.82) is 0 Å². The van der Waals surface area contributed by atoms with Gasteiger partial charge in [-0.3, -0.25) is 15.3 Å². The largest absolute Gasteiger partial charge is 0.449 e. The Hall–Kier alpha value is -1.74. The molecule has 0 saturated carbocycles. The van der Waals surface area contributed by atoms with Crippen molar-refractivity contribution >= 4 is 11.9 Å². The van der Waals surface area contributed by atoms with Gasteiger partial charge in [-0.05, 0) is 12.0 Å². The van der Waals surface area contributed by atoms with Crippen LogP contribution in [0.25, 0.3) is 0 Å². The average molecular weight is 285 g/mol. The van der Waals surface area contributed by atoms with Crippen LogP contribution in [0.5, 0.6) is 0 Å². The van der Waals surface area contributed by atoms with Gasteiger partial charge in [0.2, 0.25) is 0 Å². The van der Waals surface area contributed by atoms with Crippen LogP contribution in [0, 0.1) is 5.92 Å². The molecule has 0 radical (unpaired) electrons. The molecule has 1 rings (SSSR count). The summed E-state index contributed by atoms with van der Waals surface area (Å²) in [6, 6.07) is 3.30. The topological polar surface area (TPSA) is 95.4 Å². The third kappa shape index (κ3) is 5.10. The Kier molecular flexibility index (Phi) is 6.32. The summed E-state index contributed by atoms with van der Waals surface area (Å²) in [5.74, 6) is 0.555. The molecule has 0 fully saturated rings. The first-order valence-electron chi connectivity index (χ1n) is 6.07. The fourth-order valence-electron chi connectivity index (χ4n) is 1.39. The lowest BCUT2D eigenvalue weighted by molar-refractivity contribution is -0.497. The second-order valence-electron chi connectivity index (χ2n) is 4.54. The van der Waals surface area contributed by atoms with Crippen LogP contribution in [0.2, 0.25) is 0 Å². The lowest BCUT2D eigenvalue weighted by Gasteiger charge is -2.19. The second-order valence-corrected chi connectivity index (χ2v) is 4.54. The Balaban J connectivity index is 2.76. The summed E-state index contributed by atoms with van der Waals surface area (Å²) >= 11 is 0. The van der Waals surface area contributed by atoms with Crippen LogP contribution >= 0.6 is 0 Å². The summed E-state index contributed by atoms with van der Waals surface area (Å²) in [5.41, 5.74) is 0.504. The molecular weight excluding hydrogens is 266 g/mol. The molecule has 0 aliphatic heterocycles. The Labute approximate surface area is 117 Å². The number of amides is 1. The van der Waals surface area contributed by atoms with E-state index in [1.165, 1.54) is 18.1 Å². The number of nitrogens with zero attached hydrogens (tertiary/aromatic N) is 3.